The molecule has 1 aromatic rings. The average molecular weight is 336 g/mol. The molecule has 3 atom stereocenters. The second-order valence-electron chi connectivity index (χ2n) is 6.65. The Morgan fingerprint density at radius 2 is 1.79 bits per heavy atom. The van der Waals surface area contributed by atoms with Gasteiger partial charge in [-0.1, -0.05) is 0 Å². The first-order valence-electron chi connectivity index (χ1n) is 7.71. The zero-order valence-electron chi connectivity index (χ0n) is 14.6. The number of carbonyl (C=O) groups is 2. The summed E-state index contributed by atoms with van der Waals surface area (Å²) in [6.45, 7) is 5.59. The molecule has 0 aromatic heterocycles. The minimum atomic E-state index is -0.969. The van der Waals surface area contributed by atoms with Crippen LogP contribution in [0.5, 0.6) is 5.75 Å². The number of benzene rings is 1. The second-order valence-corrected chi connectivity index (χ2v) is 6.65. The maximum atomic E-state index is 12.5. The van der Waals surface area contributed by atoms with E-state index >= 15 is 0 Å². The molecule has 1 fully saturated rings. The molecule has 24 heavy (non-hydrogen) atoms. The van der Waals surface area contributed by atoms with Gasteiger partial charge in [-0.25, -0.2) is 4.79 Å². The van der Waals surface area contributed by atoms with Crippen molar-refractivity contribution in [3.8, 4) is 5.75 Å². The number of ether oxygens (including phenoxy) is 3. The molecule has 1 heterocycles. The first kappa shape index (κ1) is 18.1. The summed E-state index contributed by atoms with van der Waals surface area (Å²) < 4.78 is 15.6. The molecule has 0 aliphatic carbocycles. The van der Waals surface area contributed by atoms with Crippen molar-refractivity contribution in [2.75, 3.05) is 19.5 Å². The highest BCUT2D eigenvalue weighted by atomic mass is 16.6. The lowest BCUT2D eigenvalue weighted by molar-refractivity contribution is -0.153. The zero-order chi connectivity index (χ0) is 17.9. The van der Waals surface area contributed by atoms with Crippen molar-refractivity contribution in [3.63, 3.8) is 0 Å². The number of rotatable bonds is 5. The van der Waals surface area contributed by atoms with Crippen molar-refractivity contribution in [2.45, 2.75) is 44.6 Å². The number of amides is 1. The summed E-state index contributed by atoms with van der Waals surface area (Å²) in [6.07, 6.45) is -1.83. The van der Waals surface area contributed by atoms with Crippen molar-refractivity contribution in [1.82, 2.24) is 5.32 Å². The standard InChI is InChI=1S/C17H24N2O5/c1-17(2,3)19-15(20)13-12(14(23-5)16(21)24-13)18-10-6-8-11(22-4)9-7-10/h6-9,12-14,18H,1-5H3,(H,19,20)/t12-,13+,14+/m0/s1. The van der Waals surface area contributed by atoms with Crippen molar-refractivity contribution in [1.29, 1.82) is 0 Å². The molecule has 1 aliphatic rings. The lowest BCUT2D eigenvalue weighted by Gasteiger charge is -2.26. The third kappa shape index (κ3) is 4.17. The Bertz CT molecular complexity index is 594. The predicted molar refractivity (Wildman–Crippen MR) is 89.0 cm³/mol. The molecule has 1 amide bonds. The van der Waals surface area contributed by atoms with Gasteiger partial charge in [0.1, 0.15) is 11.8 Å². The Balaban J connectivity index is 2.19. The highest BCUT2D eigenvalue weighted by Crippen LogP contribution is 2.25. The molecule has 1 aromatic carbocycles. The van der Waals surface area contributed by atoms with Gasteiger partial charge in [-0.2, -0.15) is 0 Å². The molecule has 0 spiro atoms. The lowest BCUT2D eigenvalue weighted by Crippen LogP contribution is -2.52. The van der Waals surface area contributed by atoms with E-state index in [1.54, 1.807) is 31.4 Å². The fourth-order valence-electron chi connectivity index (χ4n) is 2.50. The van der Waals surface area contributed by atoms with E-state index in [0.717, 1.165) is 5.69 Å². The van der Waals surface area contributed by atoms with E-state index in [9.17, 15) is 9.59 Å². The van der Waals surface area contributed by atoms with Crippen LogP contribution in [0.25, 0.3) is 0 Å². The highest BCUT2D eigenvalue weighted by molar-refractivity contribution is 5.91. The number of hydrogen-bond acceptors (Lipinski definition) is 6. The molecule has 7 nitrogen and oxygen atoms in total. The first-order valence-corrected chi connectivity index (χ1v) is 7.71. The third-order valence-corrected chi connectivity index (χ3v) is 3.56. The quantitative estimate of drug-likeness (QED) is 0.789. The molecular formula is C17H24N2O5. The maximum absolute atomic E-state index is 12.5. The molecule has 0 bridgehead atoms. The summed E-state index contributed by atoms with van der Waals surface area (Å²) in [5, 5.41) is 5.98. The first-order chi connectivity index (χ1) is 11.2. The van der Waals surface area contributed by atoms with Crippen LogP contribution in [0.3, 0.4) is 0 Å². The Kier molecular flexibility index (Phi) is 5.33. The Hall–Kier alpha value is -2.28. The van der Waals surface area contributed by atoms with Gasteiger partial charge in [0.25, 0.3) is 5.91 Å². The van der Waals surface area contributed by atoms with Gasteiger partial charge in [0.2, 0.25) is 6.10 Å². The number of hydrogen-bond donors (Lipinski definition) is 2. The van der Waals surface area contributed by atoms with Gasteiger partial charge in [0.15, 0.2) is 6.10 Å². The fraction of sp³-hybridized carbons (Fsp3) is 0.529. The smallest absolute Gasteiger partial charge is 0.338 e. The molecule has 0 radical (unpaired) electrons. The van der Waals surface area contributed by atoms with Crippen LogP contribution < -0.4 is 15.4 Å². The summed E-state index contributed by atoms with van der Waals surface area (Å²) >= 11 is 0. The SMILES string of the molecule is COc1ccc(N[C@H]2[C@H](C(=O)NC(C)(C)C)OC(=O)[C@@H]2OC)cc1. The van der Waals surface area contributed by atoms with Crippen molar-refractivity contribution < 1.29 is 23.8 Å². The predicted octanol–water partition coefficient (Wildman–Crippen LogP) is 1.33. The Morgan fingerprint density at radius 3 is 2.29 bits per heavy atom. The van der Waals surface area contributed by atoms with Crippen molar-refractivity contribution in [2.24, 2.45) is 0 Å². The molecule has 1 aliphatic heterocycles. The van der Waals surface area contributed by atoms with Crippen LogP contribution in [0.15, 0.2) is 24.3 Å². The fourth-order valence-corrected chi connectivity index (χ4v) is 2.50. The van der Waals surface area contributed by atoms with E-state index in [1.165, 1.54) is 7.11 Å². The highest BCUT2D eigenvalue weighted by Gasteiger charge is 2.49. The number of nitrogens with one attached hydrogen (secondary N) is 2. The summed E-state index contributed by atoms with van der Waals surface area (Å²) in [7, 11) is 3.00. The van der Waals surface area contributed by atoms with E-state index in [-0.39, 0.29) is 5.91 Å². The Morgan fingerprint density at radius 1 is 1.17 bits per heavy atom. The van der Waals surface area contributed by atoms with Crippen molar-refractivity contribution >= 4 is 17.6 Å². The average Bonchev–Trinajstić information content (AvgIpc) is 2.82. The van der Waals surface area contributed by atoms with Gasteiger partial charge < -0.3 is 24.8 Å². The van der Waals surface area contributed by atoms with Crippen LogP contribution in [-0.2, 0) is 19.1 Å². The van der Waals surface area contributed by atoms with Crippen molar-refractivity contribution in [3.05, 3.63) is 24.3 Å². The maximum Gasteiger partial charge on any atom is 0.338 e. The second kappa shape index (κ2) is 7.09. The summed E-state index contributed by atoms with van der Waals surface area (Å²) in [5.41, 5.74) is 0.300. The number of methoxy groups -OCH3 is 2. The summed E-state index contributed by atoms with van der Waals surface area (Å²) in [6, 6.07) is 6.54. The van der Waals surface area contributed by atoms with E-state index in [0.29, 0.717) is 5.75 Å². The molecule has 1 saturated heterocycles. The summed E-state index contributed by atoms with van der Waals surface area (Å²) in [4.78, 5) is 24.5. The van der Waals surface area contributed by atoms with E-state index in [1.807, 2.05) is 20.8 Å². The number of carbonyl (C=O) groups excluding carboxylic acids is 2. The number of esters is 1. The van der Waals surface area contributed by atoms with Crippen LogP contribution in [0.1, 0.15) is 20.8 Å². The molecule has 2 rings (SSSR count). The third-order valence-electron chi connectivity index (χ3n) is 3.56. The largest absolute Gasteiger partial charge is 0.497 e. The van der Waals surface area contributed by atoms with Crippen LogP contribution in [0.4, 0.5) is 5.69 Å². The van der Waals surface area contributed by atoms with Crippen LogP contribution in [0, 0.1) is 0 Å². The van der Waals surface area contributed by atoms with Gasteiger partial charge in [0, 0.05) is 18.3 Å². The summed E-state index contributed by atoms with van der Waals surface area (Å²) in [5.74, 6) is -0.205. The van der Waals surface area contributed by atoms with Gasteiger partial charge in [-0.05, 0) is 45.0 Å². The normalized spacial score (nSPS) is 23.5. The zero-order valence-corrected chi connectivity index (χ0v) is 14.6. The molecular weight excluding hydrogens is 312 g/mol. The molecule has 7 heteroatoms. The van der Waals surface area contributed by atoms with E-state index < -0.39 is 29.8 Å². The van der Waals surface area contributed by atoms with Crippen LogP contribution in [-0.4, -0.2) is 49.9 Å². The van der Waals surface area contributed by atoms with Crippen LogP contribution in [0.2, 0.25) is 0 Å². The molecule has 0 unspecified atom stereocenters. The van der Waals surface area contributed by atoms with Gasteiger partial charge in [-0.3, -0.25) is 4.79 Å². The van der Waals surface area contributed by atoms with E-state index in [4.69, 9.17) is 14.2 Å². The van der Waals surface area contributed by atoms with E-state index in [2.05, 4.69) is 10.6 Å². The van der Waals surface area contributed by atoms with Crippen LogP contribution >= 0.6 is 0 Å². The molecule has 0 saturated carbocycles. The van der Waals surface area contributed by atoms with Gasteiger partial charge in [-0.15, -0.1) is 0 Å². The van der Waals surface area contributed by atoms with Gasteiger partial charge >= 0.3 is 5.97 Å². The molecule has 2 N–H and O–H groups in total. The number of anilines is 1. The molecule has 132 valence electrons. The lowest BCUT2D eigenvalue weighted by atomic mass is 10.0. The van der Waals surface area contributed by atoms with Gasteiger partial charge in [0.05, 0.1) is 7.11 Å². The topological polar surface area (TPSA) is 85.9 Å². The Labute approximate surface area is 141 Å². The number of cyclic esters (lactones) is 1. The minimum absolute atomic E-state index is 0.360. The minimum Gasteiger partial charge on any atom is -0.497 e. The monoisotopic (exact) mass is 336 g/mol.